The highest BCUT2D eigenvalue weighted by atomic mass is 16.2. The fraction of sp³-hybridized carbons (Fsp3) is 0.200. The molecule has 0 fully saturated rings. The molecule has 0 aromatic heterocycles. The van der Waals surface area contributed by atoms with Crippen LogP contribution in [0.15, 0.2) is 54.7 Å². The van der Waals surface area contributed by atoms with E-state index in [4.69, 9.17) is 0 Å². The topological polar surface area (TPSA) is 49.4 Å². The monoisotopic (exact) mass is 320 g/mol. The zero-order chi connectivity index (χ0) is 17.1. The van der Waals surface area contributed by atoms with E-state index in [1.807, 2.05) is 61.5 Å². The van der Waals surface area contributed by atoms with Gasteiger partial charge in [-0.25, -0.2) is 0 Å². The molecule has 2 aromatic rings. The Hall–Kier alpha value is -2.88. The van der Waals surface area contributed by atoms with E-state index in [0.717, 1.165) is 22.4 Å². The van der Waals surface area contributed by atoms with E-state index in [-0.39, 0.29) is 24.3 Å². The van der Waals surface area contributed by atoms with Crippen LogP contribution in [0.3, 0.4) is 0 Å². The Kier molecular flexibility index (Phi) is 4.47. The van der Waals surface area contributed by atoms with Crippen molar-refractivity contribution in [2.45, 2.75) is 26.3 Å². The van der Waals surface area contributed by atoms with Crippen molar-refractivity contribution < 1.29 is 9.59 Å². The second kappa shape index (κ2) is 6.71. The third-order valence-electron chi connectivity index (χ3n) is 4.27. The Labute approximate surface area is 141 Å². The van der Waals surface area contributed by atoms with Gasteiger partial charge in [0.15, 0.2) is 0 Å². The van der Waals surface area contributed by atoms with Gasteiger partial charge in [0.1, 0.15) is 0 Å². The van der Waals surface area contributed by atoms with Crippen LogP contribution in [0.5, 0.6) is 0 Å². The van der Waals surface area contributed by atoms with Crippen LogP contribution in [0.2, 0.25) is 0 Å². The second-order valence-corrected chi connectivity index (χ2v) is 5.95. The van der Waals surface area contributed by atoms with E-state index in [1.54, 1.807) is 11.1 Å². The van der Waals surface area contributed by atoms with Crippen molar-refractivity contribution in [3.63, 3.8) is 0 Å². The van der Waals surface area contributed by atoms with Crippen molar-refractivity contribution in [3.8, 4) is 0 Å². The molecule has 1 atom stereocenters. The summed E-state index contributed by atoms with van der Waals surface area (Å²) in [6, 6.07) is 15.2. The number of nitrogens with one attached hydrogen (secondary N) is 1. The number of carbonyl (C=O) groups is 2. The Bertz CT molecular complexity index is 811. The minimum atomic E-state index is -0.285. The molecule has 4 nitrogen and oxygen atoms in total. The average molecular weight is 320 g/mol. The summed E-state index contributed by atoms with van der Waals surface area (Å²) in [7, 11) is 0. The molecular weight excluding hydrogens is 300 g/mol. The molecule has 4 heteroatoms. The lowest BCUT2D eigenvalue weighted by Crippen LogP contribution is -2.33. The van der Waals surface area contributed by atoms with Gasteiger partial charge in [-0.3, -0.25) is 9.59 Å². The molecule has 1 N–H and O–H groups in total. The number of nitrogens with zero attached hydrogens (tertiary/aromatic N) is 1. The van der Waals surface area contributed by atoms with Gasteiger partial charge in [-0.15, -0.1) is 0 Å². The summed E-state index contributed by atoms with van der Waals surface area (Å²) < 4.78 is 0. The molecule has 122 valence electrons. The van der Waals surface area contributed by atoms with Gasteiger partial charge in [0, 0.05) is 18.8 Å². The number of hydrogen-bond donors (Lipinski definition) is 1. The molecule has 0 radical (unpaired) electrons. The number of amides is 2. The number of fused-ring (bicyclic) bond motifs is 1. The lowest BCUT2D eigenvalue weighted by molar-refractivity contribution is -0.129. The molecular formula is C20H20N2O2. The normalized spacial score (nSPS) is 15.8. The van der Waals surface area contributed by atoms with Gasteiger partial charge >= 0.3 is 0 Å². The molecule has 0 aliphatic carbocycles. The summed E-state index contributed by atoms with van der Waals surface area (Å²) in [6.45, 7) is 3.47. The van der Waals surface area contributed by atoms with Gasteiger partial charge in [0.2, 0.25) is 11.8 Å². The van der Waals surface area contributed by atoms with Crippen molar-refractivity contribution >= 4 is 23.6 Å². The van der Waals surface area contributed by atoms with Crippen LogP contribution in [0.25, 0.3) is 6.08 Å². The minimum absolute atomic E-state index is 0.0746. The van der Waals surface area contributed by atoms with E-state index in [2.05, 4.69) is 5.32 Å². The standard InChI is InChI=1S/C20H20N2O2/c1-14-7-3-6-10-18(14)21-20(24)13-19-17-9-5-4-8-16(17)11-12-22(19)15(2)23/h3-12,19H,13H2,1-2H3,(H,21,24)/t19-/m0/s1. The Morgan fingerprint density at radius 2 is 1.79 bits per heavy atom. The van der Waals surface area contributed by atoms with Crippen molar-refractivity contribution in [1.29, 1.82) is 0 Å². The Balaban J connectivity index is 1.83. The highest BCUT2D eigenvalue weighted by Gasteiger charge is 2.28. The first-order chi connectivity index (χ1) is 11.6. The molecule has 0 unspecified atom stereocenters. The molecule has 0 saturated carbocycles. The number of carbonyl (C=O) groups excluding carboxylic acids is 2. The summed E-state index contributed by atoms with van der Waals surface area (Å²) in [5.41, 5.74) is 3.86. The molecule has 1 aliphatic rings. The number of anilines is 1. The lowest BCUT2D eigenvalue weighted by Gasteiger charge is -2.32. The van der Waals surface area contributed by atoms with Gasteiger partial charge in [-0.05, 0) is 35.8 Å². The van der Waals surface area contributed by atoms with Crippen LogP contribution in [0, 0.1) is 6.92 Å². The third kappa shape index (κ3) is 3.23. The molecule has 2 amide bonds. The highest BCUT2D eigenvalue weighted by molar-refractivity contribution is 5.92. The van der Waals surface area contributed by atoms with E-state index in [0.29, 0.717) is 0 Å². The van der Waals surface area contributed by atoms with Gasteiger partial charge in [-0.2, -0.15) is 0 Å². The first kappa shape index (κ1) is 16.0. The van der Waals surface area contributed by atoms with Crippen LogP contribution >= 0.6 is 0 Å². The number of rotatable bonds is 3. The van der Waals surface area contributed by atoms with Gasteiger partial charge in [-0.1, -0.05) is 42.5 Å². The Morgan fingerprint density at radius 1 is 1.08 bits per heavy atom. The maximum atomic E-state index is 12.5. The SMILES string of the molecule is CC(=O)N1C=Cc2ccccc2[C@@H]1CC(=O)Nc1ccccc1C. The predicted molar refractivity (Wildman–Crippen MR) is 95.2 cm³/mol. The number of benzene rings is 2. The van der Waals surface area contributed by atoms with E-state index < -0.39 is 0 Å². The van der Waals surface area contributed by atoms with Crippen LogP contribution in [-0.4, -0.2) is 16.7 Å². The molecule has 3 rings (SSSR count). The Morgan fingerprint density at radius 3 is 2.54 bits per heavy atom. The number of hydrogen-bond acceptors (Lipinski definition) is 2. The minimum Gasteiger partial charge on any atom is -0.326 e. The first-order valence-electron chi connectivity index (χ1n) is 7.98. The van der Waals surface area contributed by atoms with E-state index in [9.17, 15) is 9.59 Å². The molecule has 2 aromatic carbocycles. The quantitative estimate of drug-likeness (QED) is 0.932. The van der Waals surface area contributed by atoms with Crippen LogP contribution in [0.1, 0.15) is 36.1 Å². The maximum Gasteiger partial charge on any atom is 0.226 e. The fourth-order valence-corrected chi connectivity index (χ4v) is 3.00. The average Bonchev–Trinajstić information content (AvgIpc) is 2.57. The predicted octanol–water partition coefficient (Wildman–Crippen LogP) is 3.90. The summed E-state index contributed by atoms with van der Waals surface area (Å²) in [5, 5.41) is 2.95. The molecule has 0 saturated heterocycles. The number of aryl methyl sites for hydroxylation is 1. The van der Waals surface area contributed by atoms with Gasteiger partial charge in [0.05, 0.1) is 12.5 Å². The molecule has 1 heterocycles. The molecule has 1 aliphatic heterocycles. The van der Waals surface area contributed by atoms with Crippen molar-refractivity contribution in [2.75, 3.05) is 5.32 Å². The fourth-order valence-electron chi connectivity index (χ4n) is 3.00. The lowest BCUT2D eigenvalue weighted by atomic mass is 9.93. The molecule has 0 spiro atoms. The molecule has 0 bridgehead atoms. The van der Waals surface area contributed by atoms with Crippen molar-refractivity contribution in [1.82, 2.24) is 4.90 Å². The summed E-state index contributed by atoms with van der Waals surface area (Å²) in [5.74, 6) is -0.180. The van der Waals surface area contributed by atoms with E-state index >= 15 is 0 Å². The van der Waals surface area contributed by atoms with Crippen LogP contribution < -0.4 is 5.32 Å². The smallest absolute Gasteiger partial charge is 0.226 e. The van der Waals surface area contributed by atoms with Crippen LogP contribution in [0.4, 0.5) is 5.69 Å². The maximum absolute atomic E-state index is 12.5. The summed E-state index contributed by atoms with van der Waals surface area (Å²) in [4.78, 5) is 26.1. The van der Waals surface area contributed by atoms with Crippen LogP contribution in [-0.2, 0) is 9.59 Å². The summed E-state index contributed by atoms with van der Waals surface area (Å²) >= 11 is 0. The second-order valence-electron chi connectivity index (χ2n) is 5.95. The zero-order valence-corrected chi connectivity index (χ0v) is 13.8. The van der Waals surface area contributed by atoms with Crippen molar-refractivity contribution in [2.24, 2.45) is 0 Å². The van der Waals surface area contributed by atoms with Gasteiger partial charge in [0.25, 0.3) is 0 Å². The van der Waals surface area contributed by atoms with E-state index in [1.165, 1.54) is 6.92 Å². The third-order valence-corrected chi connectivity index (χ3v) is 4.27. The first-order valence-corrected chi connectivity index (χ1v) is 7.98. The molecule has 24 heavy (non-hydrogen) atoms. The highest BCUT2D eigenvalue weighted by Crippen LogP contribution is 2.33. The summed E-state index contributed by atoms with van der Waals surface area (Å²) in [6.07, 6.45) is 3.89. The van der Waals surface area contributed by atoms with Crippen molar-refractivity contribution in [3.05, 3.63) is 71.4 Å². The van der Waals surface area contributed by atoms with Gasteiger partial charge < -0.3 is 10.2 Å². The number of para-hydroxylation sites is 1. The largest absolute Gasteiger partial charge is 0.326 e. The zero-order valence-electron chi connectivity index (χ0n) is 13.8.